The molecule has 26 heavy (non-hydrogen) atoms. The molecule has 0 atom stereocenters. The smallest absolute Gasteiger partial charge is 0.246 e. The SMILES string of the molecule is [B](c1nc2ccc(C3CCCCCCC3)nc2o1)C1CCCCCCC1. The number of hydrogen-bond donors (Lipinski definition) is 0. The average Bonchev–Trinajstić information content (AvgIpc) is 2.98. The van der Waals surface area contributed by atoms with Gasteiger partial charge in [0.2, 0.25) is 13.0 Å². The Morgan fingerprint density at radius 1 is 0.731 bits per heavy atom. The number of hydrogen-bond acceptors (Lipinski definition) is 3. The van der Waals surface area contributed by atoms with Crippen LogP contribution in [0.5, 0.6) is 0 Å². The van der Waals surface area contributed by atoms with Crippen molar-refractivity contribution in [3.05, 3.63) is 17.8 Å². The molecule has 0 bridgehead atoms. The predicted molar refractivity (Wildman–Crippen MR) is 108 cm³/mol. The summed E-state index contributed by atoms with van der Waals surface area (Å²) in [6.07, 6.45) is 18.8. The summed E-state index contributed by atoms with van der Waals surface area (Å²) in [6.45, 7) is 0. The lowest BCUT2D eigenvalue weighted by Crippen LogP contribution is -2.21. The molecule has 1 radical (unpaired) electrons. The van der Waals surface area contributed by atoms with Crippen LogP contribution in [0.3, 0.4) is 0 Å². The Morgan fingerprint density at radius 2 is 1.35 bits per heavy atom. The summed E-state index contributed by atoms with van der Waals surface area (Å²) < 4.78 is 6.05. The lowest BCUT2D eigenvalue weighted by Gasteiger charge is -2.18. The molecule has 2 fully saturated rings. The molecule has 4 rings (SSSR count). The highest BCUT2D eigenvalue weighted by Crippen LogP contribution is 2.31. The zero-order valence-electron chi connectivity index (χ0n) is 16.1. The summed E-state index contributed by atoms with van der Waals surface area (Å²) >= 11 is 0. The van der Waals surface area contributed by atoms with Crippen LogP contribution in [0.2, 0.25) is 5.82 Å². The summed E-state index contributed by atoms with van der Waals surface area (Å²) in [6, 6.07) is 4.31. The van der Waals surface area contributed by atoms with Gasteiger partial charge in [-0.1, -0.05) is 82.9 Å². The summed E-state index contributed by atoms with van der Waals surface area (Å²) in [5, 5.41) is 0. The first-order valence-corrected chi connectivity index (χ1v) is 11.0. The minimum absolute atomic E-state index is 0.600. The Balaban J connectivity index is 1.46. The molecule has 2 aliphatic rings. The maximum atomic E-state index is 6.05. The molecule has 0 amide bonds. The van der Waals surface area contributed by atoms with E-state index in [0.29, 0.717) is 11.7 Å². The first kappa shape index (κ1) is 18.1. The monoisotopic (exact) mass is 351 g/mol. The second-order valence-electron chi connectivity index (χ2n) is 8.43. The van der Waals surface area contributed by atoms with Gasteiger partial charge in [-0.3, -0.25) is 0 Å². The second-order valence-corrected chi connectivity index (χ2v) is 8.43. The van der Waals surface area contributed by atoms with E-state index >= 15 is 0 Å². The lowest BCUT2D eigenvalue weighted by molar-refractivity contribution is 0.449. The van der Waals surface area contributed by atoms with Gasteiger partial charge in [0, 0.05) is 11.6 Å². The molecule has 0 aliphatic heterocycles. The van der Waals surface area contributed by atoms with E-state index in [9.17, 15) is 0 Å². The van der Waals surface area contributed by atoms with E-state index in [1.807, 2.05) is 0 Å². The van der Waals surface area contributed by atoms with Crippen LogP contribution in [-0.4, -0.2) is 17.2 Å². The lowest BCUT2D eigenvalue weighted by atomic mass is 9.60. The van der Waals surface area contributed by atoms with Crippen molar-refractivity contribution in [3.63, 3.8) is 0 Å². The van der Waals surface area contributed by atoms with Crippen molar-refractivity contribution in [2.75, 3.05) is 0 Å². The number of rotatable bonds is 3. The Kier molecular flexibility index (Phi) is 6.29. The van der Waals surface area contributed by atoms with E-state index in [2.05, 4.69) is 19.4 Å². The zero-order chi connectivity index (χ0) is 17.6. The third-order valence-electron chi connectivity index (χ3n) is 6.35. The highest BCUT2D eigenvalue weighted by atomic mass is 16.4. The molecule has 2 aromatic rings. The van der Waals surface area contributed by atoms with Crippen molar-refractivity contribution in [2.45, 2.75) is 102 Å². The number of nitrogens with zero attached hydrogens (tertiary/aromatic N) is 2. The van der Waals surface area contributed by atoms with Gasteiger partial charge < -0.3 is 4.42 Å². The zero-order valence-corrected chi connectivity index (χ0v) is 16.1. The molecule has 0 N–H and O–H groups in total. The third kappa shape index (κ3) is 4.69. The highest BCUT2D eigenvalue weighted by Gasteiger charge is 2.20. The first-order chi connectivity index (χ1) is 12.9. The van der Waals surface area contributed by atoms with Crippen molar-refractivity contribution in [1.29, 1.82) is 0 Å². The Labute approximate surface area is 158 Å². The van der Waals surface area contributed by atoms with Gasteiger partial charge in [-0.2, -0.15) is 0 Å². The van der Waals surface area contributed by atoms with Gasteiger partial charge in [0.05, 0.1) is 0 Å². The number of pyridine rings is 1. The predicted octanol–water partition coefficient (Wildman–Crippen LogP) is 5.91. The fourth-order valence-electron chi connectivity index (χ4n) is 4.75. The molecular weight excluding hydrogens is 319 g/mol. The average molecular weight is 351 g/mol. The Bertz CT molecular complexity index is 683. The maximum Gasteiger partial charge on any atom is 0.246 e. The number of aromatic nitrogens is 2. The molecule has 2 aromatic heterocycles. The minimum Gasteiger partial charge on any atom is -0.433 e. The summed E-state index contributed by atoms with van der Waals surface area (Å²) in [5.74, 6) is 2.00. The van der Waals surface area contributed by atoms with E-state index < -0.39 is 0 Å². The molecule has 0 aromatic carbocycles. The van der Waals surface area contributed by atoms with Gasteiger partial charge in [-0.25, -0.2) is 9.97 Å². The highest BCUT2D eigenvalue weighted by molar-refractivity contribution is 6.52. The molecule has 0 unspecified atom stereocenters. The summed E-state index contributed by atoms with van der Waals surface area (Å²) in [7, 11) is 2.27. The van der Waals surface area contributed by atoms with Crippen molar-refractivity contribution >= 4 is 24.3 Å². The van der Waals surface area contributed by atoms with E-state index in [4.69, 9.17) is 14.4 Å². The number of fused-ring (bicyclic) bond motifs is 1. The normalized spacial score (nSPS) is 21.7. The molecule has 0 saturated heterocycles. The fraction of sp³-hybridized carbons (Fsp3) is 0.727. The largest absolute Gasteiger partial charge is 0.433 e. The Hall–Kier alpha value is -1.32. The van der Waals surface area contributed by atoms with E-state index in [0.717, 1.165) is 17.0 Å². The van der Waals surface area contributed by atoms with Gasteiger partial charge in [0.15, 0.2) is 0 Å². The van der Waals surface area contributed by atoms with Crippen molar-refractivity contribution < 1.29 is 4.42 Å². The van der Waals surface area contributed by atoms with Crippen LogP contribution in [0.1, 0.15) is 102 Å². The molecule has 2 aliphatic carbocycles. The maximum absolute atomic E-state index is 6.05. The quantitative estimate of drug-likeness (QED) is 0.645. The minimum atomic E-state index is 0.600. The van der Waals surface area contributed by atoms with E-state index in [1.54, 1.807) is 0 Å². The van der Waals surface area contributed by atoms with Crippen molar-refractivity contribution in [3.8, 4) is 0 Å². The van der Waals surface area contributed by atoms with Crippen LogP contribution in [0.15, 0.2) is 16.5 Å². The van der Waals surface area contributed by atoms with E-state index in [1.165, 1.54) is 95.6 Å². The van der Waals surface area contributed by atoms with Crippen LogP contribution < -0.4 is 5.79 Å². The van der Waals surface area contributed by atoms with Crippen LogP contribution in [-0.2, 0) is 0 Å². The standard InChI is InChI=1S/C22H32BN2O/c1-3-7-11-17(12-8-4-1)19-15-16-20-21(24-19)26-22(25-20)23-18-13-9-5-2-6-10-14-18/h15-18H,1-14H2. The van der Waals surface area contributed by atoms with E-state index in [-0.39, 0.29) is 0 Å². The molecule has 139 valence electrons. The Morgan fingerprint density at radius 3 is 2.04 bits per heavy atom. The van der Waals surface area contributed by atoms with Crippen LogP contribution in [0.4, 0.5) is 0 Å². The molecule has 4 heteroatoms. The van der Waals surface area contributed by atoms with Gasteiger partial charge in [-0.15, -0.1) is 0 Å². The topological polar surface area (TPSA) is 38.9 Å². The van der Waals surface area contributed by atoms with Crippen LogP contribution in [0.25, 0.3) is 11.2 Å². The van der Waals surface area contributed by atoms with Crippen LogP contribution in [0, 0.1) is 0 Å². The third-order valence-corrected chi connectivity index (χ3v) is 6.35. The van der Waals surface area contributed by atoms with Gasteiger partial charge in [-0.05, 0) is 25.0 Å². The summed E-state index contributed by atoms with van der Waals surface area (Å²) in [5.41, 5.74) is 2.87. The van der Waals surface area contributed by atoms with Crippen molar-refractivity contribution in [2.24, 2.45) is 0 Å². The fourth-order valence-corrected chi connectivity index (χ4v) is 4.75. The van der Waals surface area contributed by atoms with Gasteiger partial charge in [0.1, 0.15) is 11.3 Å². The van der Waals surface area contributed by atoms with Gasteiger partial charge in [0.25, 0.3) is 0 Å². The molecule has 2 saturated carbocycles. The molecular formula is C22H32BN2O. The first-order valence-electron chi connectivity index (χ1n) is 11.0. The second kappa shape index (κ2) is 9.06. The summed E-state index contributed by atoms with van der Waals surface area (Å²) in [4.78, 5) is 9.57. The molecule has 3 nitrogen and oxygen atoms in total. The number of oxazole rings is 1. The van der Waals surface area contributed by atoms with Crippen LogP contribution >= 0.6 is 0 Å². The molecule has 2 heterocycles. The molecule has 0 spiro atoms. The van der Waals surface area contributed by atoms with Crippen molar-refractivity contribution in [1.82, 2.24) is 9.97 Å². The van der Waals surface area contributed by atoms with Gasteiger partial charge >= 0.3 is 0 Å².